The van der Waals surface area contributed by atoms with Crippen LogP contribution >= 0.6 is 23.2 Å². The van der Waals surface area contributed by atoms with Crippen molar-refractivity contribution in [1.29, 1.82) is 0 Å². The molecule has 0 fully saturated rings. The summed E-state index contributed by atoms with van der Waals surface area (Å²) in [5.41, 5.74) is 0.365. The van der Waals surface area contributed by atoms with Crippen LogP contribution in [0.4, 0.5) is 23.0 Å². The van der Waals surface area contributed by atoms with Crippen molar-refractivity contribution in [2.75, 3.05) is 28.9 Å². The topological polar surface area (TPSA) is 140 Å². The van der Waals surface area contributed by atoms with Gasteiger partial charge in [-0.05, 0) is 36.4 Å². The molecule has 0 saturated carbocycles. The highest BCUT2D eigenvalue weighted by Crippen LogP contribution is 2.35. The first-order chi connectivity index (χ1) is 14.3. The van der Waals surface area contributed by atoms with Gasteiger partial charge >= 0.3 is 0 Å². The molecule has 0 radical (unpaired) electrons. The fourth-order valence-corrected chi connectivity index (χ4v) is 3.06. The van der Waals surface area contributed by atoms with Gasteiger partial charge in [-0.25, -0.2) is 9.97 Å². The van der Waals surface area contributed by atoms with Crippen molar-refractivity contribution in [1.82, 2.24) is 9.97 Å². The number of hydrogen-bond acceptors (Lipinski definition) is 9. The number of nitrogens with zero attached hydrogens (tertiary/aromatic N) is 4. The van der Waals surface area contributed by atoms with E-state index in [1.54, 1.807) is 18.2 Å². The van der Waals surface area contributed by atoms with E-state index in [2.05, 4.69) is 20.6 Å². The van der Waals surface area contributed by atoms with E-state index in [4.69, 9.17) is 28.4 Å². The van der Waals surface area contributed by atoms with Crippen LogP contribution in [0.3, 0.4) is 0 Å². The van der Waals surface area contributed by atoms with Crippen LogP contribution in [0.5, 0.6) is 0 Å². The Hall–Kier alpha value is -3.18. The molecule has 0 unspecified atom stereocenters. The van der Waals surface area contributed by atoms with Gasteiger partial charge in [0.2, 0.25) is 0 Å². The average molecular weight is 450 g/mol. The number of pyridine rings is 2. The van der Waals surface area contributed by atoms with E-state index in [1.807, 2.05) is 0 Å². The molecule has 0 aliphatic heterocycles. The summed E-state index contributed by atoms with van der Waals surface area (Å²) < 4.78 is 0. The monoisotopic (exact) mass is 449 g/mol. The molecule has 3 aromatic rings. The lowest BCUT2D eigenvalue weighted by Crippen LogP contribution is -2.15. The fourth-order valence-electron chi connectivity index (χ4n) is 2.56. The number of nitro groups is 1. The zero-order valence-electron chi connectivity index (χ0n) is 15.2. The summed E-state index contributed by atoms with van der Waals surface area (Å²) in [5, 5.41) is 37.4. The van der Waals surface area contributed by atoms with Crippen LogP contribution in [0.2, 0.25) is 10.0 Å². The van der Waals surface area contributed by atoms with Gasteiger partial charge in [-0.2, -0.15) is 0 Å². The van der Waals surface area contributed by atoms with Crippen LogP contribution < -0.4 is 15.9 Å². The summed E-state index contributed by atoms with van der Waals surface area (Å²) in [6.45, 7) is 0.873. The van der Waals surface area contributed by atoms with Crippen molar-refractivity contribution in [3.05, 3.63) is 74.0 Å². The number of nitrogens with one attached hydrogen (secondary N) is 2. The van der Waals surface area contributed by atoms with Crippen molar-refractivity contribution in [2.45, 2.75) is 0 Å². The minimum Gasteiger partial charge on any atom is -0.733 e. The van der Waals surface area contributed by atoms with Crippen LogP contribution in [0.15, 0.2) is 48.7 Å². The predicted octanol–water partition coefficient (Wildman–Crippen LogP) is 4.58. The molecule has 2 heterocycles. The first-order valence-corrected chi connectivity index (χ1v) is 9.31. The van der Waals surface area contributed by atoms with Gasteiger partial charge in [0.1, 0.15) is 11.6 Å². The molecule has 0 atom stereocenters. The van der Waals surface area contributed by atoms with E-state index in [0.717, 1.165) is 0 Å². The second-order valence-corrected chi connectivity index (χ2v) is 6.82. The molecule has 0 aliphatic carbocycles. The van der Waals surface area contributed by atoms with Crippen LogP contribution in [0, 0.1) is 15.3 Å². The molecule has 12 heteroatoms. The predicted molar refractivity (Wildman–Crippen MR) is 115 cm³/mol. The normalized spacial score (nSPS) is 10.5. The maximum Gasteiger partial charge on any atom is 0.295 e. The minimum atomic E-state index is -0.524. The lowest BCUT2D eigenvalue weighted by molar-refractivity contribution is -0.384. The molecule has 0 aliphatic rings. The van der Waals surface area contributed by atoms with Crippen molar-refractivity contribution < 1.29 is 10.1 Å². The molecule has 10 nitrogen and oxygen atoms in total. The van der Waals surface area contributed by atoms with E-state index in [0.29, 0.717) is 35.3 Å². The average Bonchev–Trinajstić information content (AvgIpc) is 2.71. The molecular formula is C18H15Cl2N6O4-. The standard InChI is InChI=1S/C18H15Cl2N6O4/c19-11-1-3-13(14(20)9-11)18-15(26(29)30)4-6-17(24-18)22-8-7-21-16-5-2-12(10-23-16)25(27)28/h1-6,9-10,27H,7-8H2,(H,21,23)(H,22,24)/q-1. The van der Waals surface area contributed by atoms with Crippen LogP contribution in [-0.4, -0.2) is 33.2 Å². The third kappa shape index (κ3) is 5.24. The zero-order chi connectivity index (χ0) is 21.7. The highest BCUT2D eigenvalue weighted by Gasteiger charge is 2.20. The molecule has 0 spiro atoms. The second kappa shape index (κ2) is 9.55. The number of rotatable bonds is 8. The van der Waals surface area contributed by atoms with Gasteiger partial charge in [-0.1, -0.05) is 23.2 Å². The third-order valence-corrected chi connectivity index (χ3v) is 4.51. The third-order valence-electron chi connectivity index (χ3n) is 3.96. The van der Waals surface area contributed by atoms with Crippen LogP contribution in [0.1, 0.15) is 0 Å². The van der Waals surface area contributed by atoms with Gasteiger partial charge in [0, 0.05) is 29.7 Å². The molecule has 3 N–H and O–H groups in total. The van der Waals surface area contributed by atoms with E-state index in [9.17, 15) is 15.3 Å². The number of hydrogen-bond donors (Lipinski definition) is 3. The van der Waals surface area contributed by atoms with E-state index in [-0.39, 0.29) is 27.3 Å². The van der Waals surface area contributed by atoms with E-state index in [1.165, 1.54) is 30.5 Å². The van der Waals surface area contributed by atoms with Crippen LogP contribution in [0.25, 0.3) is 11.3 Å². The lowest BCUT2D eigenvalue weighted by Gasteiger charge is -2.20. The van der Waals surface area contributed by atoms with Gasteiger partial charge in [-0.15, -0.1) is 0 Å². The van der Waals surface area contributed by atoms with Gasteiger partial charge in [0.15, 0.2) is 5.69 Å². The van der Waals surface area contributed by atoms with Gasteiger partial charge in [-0.3, -0.25) is 15.3 Å². The summed E-state index contributed by atoms with van der Waals surface area (Å²) >= 11 is 12.1. The zero-order valence-corrected chi connectivity index (χ0v) is 16.8. The summed E-state index contributed by atoms with van der Waals surface area (Å²) in [4.78, 5) is 19.2. The minimum absolute atomic E-state index is 0.0159. The summed E-state index contributed by atoms with van der Waals surface area (Å²) in [6.07, 6.45) is 1.22. The van der Waals surface area contributed by atoms with E-state index < -0.39 is 4.92 Å². The Labute approximate surface area is 180 Å². The summed E-state index contributed by atoms with van der Waals surface area (Å²) in [6, 6.07) is 10.5. The number of benzene rings is 1. The smallest absolute Gasteiger partial charge is 0.295 e. The Bertz CT molecular complexity index is 1050. The number of aromatic nitrogens is 2. The summed E-state index contributed by atoms with van der Waals surface area (Å²) in [5.74, 6) is 0.932. The maximum atomic E-state index is 11.4. The highest BCUT2D eigenvalue weighted by atomic mass is 35.5. The van der Waals surface area contributed by atoms with Gasteiger partial charge in [0.25, 0.3) is 5.69 Å². The van der Waals surface area contributed by atoms with E-state index >= 15 is 0 Å². The Morgan fingerprint density at radius 2 is 1.77 bits per heavy atom. The largest absolute Gasteiger partial charge is 0.733 e. The first kappa shape index (κ1) is 21.5. The van der Waals surface area contributed by atoms with Crippen molar-refractivity contribution in [3.8, 4) is 11.3 Å². The lowest BCUT2D eigenvalue weighted by atomic mass is 10.1. The summed E-state index contributed by atoms with van der Waals surface area (Å²) in [7, 11) is 0. The first-order valence-electron chi connectivity index (χ1n) is 8.56. The molecule has 2 aromatic heterocycles. The maximum absolute atomic E-state index is 11.4. The number of halogens is 2. The Balaban J connectivity index is 1.68. The quantitative estimate of drug-likeness (QED) is 0.256. The van der Waals surface area contributed by atoms with Crippen molar-refractivity contribution in [3.63, 3.8) is 0 Å². The fraction of sp³-hybridized carbons (Fsp3) is 0.111. The Kier molecular flexibility index (Phi) is 6.85. The van der Waals surface area contributed by atoms with Crippen molar-refractivity contribution >= 4 is 46.2 Å². The molecule has 3 rings (SSSR count). The second-order valence-electron chi connectivity index (χ2n) is 5.97. The van der Waals surface area contributed by atoms with Gasteiger partial charge in [0.05, 0.1) is 21.8 Å². The SMILES string of the molecule is O=[N+]([O-])c1ccc(NCCNc2ccc(N([O-])O)cn2)nc1-c1ccc(Cl)cc1Cl. The Morgan fingerprint density at radius 1 is 1.07 bits per heavy atom. The molecule has 0 bridgehead atoms. The van der Waals surface area contributed by atoms with Crippen LogP contribution in [-0.2, 0) is 0 Å². The molecule has 0 amide bonds. The molecule has 1 aromatic carbocycles. The highest BCUT2D eigenvalue weighted by molar-refractivity contribution is 6.36. The van der Waals surface area contributed by atoms with Gasteiger partial charge < -0.3 is 21.1 Å². The Morgan fingerprint density at radius 3 is 2.37 bits per heavy atom. The molecule has 156 valence electrons. The molecule has 30 heavy (non-hydrogen) atoms. The molecular weight excluding hydrogens is 435 g/mol. The number of anilines is 3. The van der Waals surface area contributed by atoms with Crippen molar-refractivity contribution in [2.24, 2.45) is 0 Å². The molecule has 0 saturated heterocycles.